The van der Waals surface area contributed by atoms with Crippen LogP contribution in [0.15, 0.2) is 30.3 Å². The van der Waals surface area contributed by atoms with Gasteiger partial charge in [-0.15, -0.1) is 5.10 Å². The van der Waals surface area contributed by atoms with Gasteiger partial charge in [0, 0.05) is 23.3 Å². The second-order valence-electron chi connectivity index (χ2n) is 4.19. The van der Waals surface area contributed by atoms with Gasteiger partial charge in [-0.05, 0) is 18.2 Å². The first-order valence-electron chi connectivity index (χ1n) is 5.73. The standard InChI is InChI=1S/C12H7N5O4.Li/c18-12(19)7-3-6(4-8(5-7)17(20)21)9-1-2-10-11(13-9)15-16-14-10;/h1-5H,(H,18,19)(H,13,14,15,16);/q;+1/p-1. The molecule has 0 saturated carbocycles. The first-order valence-corrected chi connectivity index (χ1v) is 5.73. The number of carboxylic acids is 1. The number of fused-ring (bicyclic) bond motifs is 1. The smallest absolute Gasteiger partial charge is 0.545 e. The largest absolute Gasteiger partial charge is 1.00 e. The molecule has 0 amide bonds. The van der Waals surface area contributed by atoms with E-state index >= 15 is 0 Å². The van der Waals surface area contributed by atoms with E-state index in [1.54, 1.807) is 12.1 Å². The summed E-state index contributed by atoms with van der Waals surface area (Å²) in [6.07, 6.45) is 0. The third-order valence-electron chi connectivity index (χ3n) is 2.85. The Kier molecular flexibility index (Phi) is 4.21. The van der Waals surface area contributed by atoms with E-state index in [9.17, 15) is 20.0 Å². The summed E-state index contributed by atoms with van der Waals surface area (Å²) in [5.41, 5.74) is 0.943. The molecule has 3 rings (SSSR count). The minimum atomic E-state index is -1.50. The molecule has 0 saturated heterocycles. The molecule has 0 unspecified atom stereocenters. The van der Waals surface area contributed by atoms with Gasteiger partial charge >= 0.3 is 18.9 Å². The van der Waals surface area contributed by atoms with E-state index in [1.807, 2.05) is 0 Å². The van der Waals surface area contributed by atoms with Crippen molar-refractivity contribution in [2.75, 3.05) is 0 Å². The van der Waals surface area contributed by atoms with Gasteiger partial charge in [-0.25, -0.2) is 10.1 Å². The van der Waals surface area contributed by atoms with E-state index < -0.39 is 10.9 Å². The number of H-pyrrole nitrogens is 1. The number of aromatic carboxylic acids is 1. The minimum Gasteiger partial charge on any atom is -0.545 e. The average molecular weight is 291 g/mol. The van der Waals surface area contributed by atoms with Gasteiger partial charge in [-0.1, -0.05) is 5.21 Å². The molecular weight excluding hydrogens is 285 g/mol. The minimum absolute atomic E-state index is 0. The molecule has 0 aliphatic carbocycles. The van der Waals surface area contributed by atoms with Crippen LogP contribution >= 0.6 is 0 Å². The van der Waals surface area contributed by atoms with Crippen LogP contribution in [-0.4, -0.2) is 31.3 Å². The third-order valence-corrected chi connectivity index (χ3v) is 2.85. The van der Waals surface area contributed by atoms with Gasteiger partial charge in [0.25, 0.3) is 5.69 Å². The van der Waals surface area contributed by atoms with Crippen molar-refractivity contribution >= 4 is 22.8 Å². The summed E-state index contributed by atoms with van der Waals surface area (Å²) in [6.45, 7) is 0. The van der Waals surface area contributed by atoms with Crippen LogP contribution in [0.25, 0.3) is 22.4 Å². The molecule has 0 spiro atoms. The zero-order valence-electron chi connectivity index (χ0n) is 11.3. The SMILES string of the molecule is O=C([O-])c1cc(-c2ccc3nn[nH]c3n2)cc([N+](=O)[O-])c1.[Li+]. The first-order chi connectivity index (χ1) is 10.0. The fourth-order valence-electron chi connectivity index (χ4n) is 1.88. The summed E-state index contributed by atoms with van der Waals surface area (Å²) >= 11 is 0. The first kappa shape index (κ1) is 15.6. The Morgan fingerprint density at radius 1 is 1.23 bits per heavy atom. The van der Waals surface area contributed by atoms with E-state index in [0.717, 1.165) is 6.07 Å². The van der Waals surface area contributed by atoms with Gasteiger partial charge in [0.2, 0.25) is 0 Å². The maximum atomic E-state index is 11.0. The van der Waals surface area contributed by atoms with Crippen molar-refractivity contribution in [2.45, 2.75) is 0 Å². The number of carboxylic acid groups (broad SMARTS) is 1. The van der Waals surface area contributed by atoms with Gasteiger partial charge < -0.3 is 9.90 Å². The maximum absolute atomic E-state index is 11.0. The molecule has 10 heteroatoms. The van der Waals surface area contributed by atoms with Gasteiger partial charge in [-0.2, -0.15) is 0 Å². The van der Waals surface area contributed by atoms with Gasteiger partial charge in [0.15, 0.2) is 5.65 Å². The summed E-state index contributed by atoms with van der Waals surface area (Å²) < 4.78 is 0. The number of nitrogens with zero attached hydrogens (tertiary/aromatic N) is 4. The van der Waals surface area contributed by atoms with E-state index in [2.05, 4.69) is 20.4 Å². The summed E-state index contributed by atoms with van der Waals surface area (Å²) in [5.74, 6) is -1.50. The Labute approximate surface area is 134 Å². The monoisotopic (exact) mass is 291 g/mol. The summed E-state index contributed by atoms with van der Waals surface area (Å²) in [7, 11) is 0. The number of nitro groups is 1. The van der Waals surface area contributed by atoms with Crippen LogP contribution in [0.2, 0.25) is 0 Å². The second-order valence-corrected chi connectivity index (χ2v) is 4.19. The van der Waals surface area contributed by atoms with E-state index in [1.165, 1.54) is 12.1 Å². The molecule has 22 heavy (non-hydrogen) atoms. The van der Waals surface area contributed by atoms with E-state index in [0.29, 0.717) is 22.4 Å². The topological polar surface area (TPSA) is 138 Å². The number of rotatable bonds is 3. The van der Waals surface area contributed by atoms with Crippen LogP contribution in [0.3, 0.4) is 0 Å². The van der Waals surface area contributed by atoms with Gasteiger partial charge in [-0.3, -0.25) is 10.1 Å². The molecular formula is C12H6LiN5O4. The Morgan fingerprint density at radius 2 is 2.00 bits per heavy atom. The molecule has 0 aliphatic heterocycles. The van der Waals surface area contributed by atoms with E-state index in [4.69, 9.17) is 0 Å². The predicted molar refractivity (Wildman–Crippen MR) is 68.1 cm³/mol. The Bertz CT molecular complexity index is 847. The number of aromatic nitrogens is 4. The fourth-order valence-corrected chi connectivity index (χ4v) is 1.88. The van der Waals surface area contributed by atoms with Crippen molar-refractivity contribution in [3.05, 3.63) is 46.0 Å². The zero-order chi connectivity index (χ0) is 15.0. The molecule has 0 aliphatic rings. The Morgan fingerprint density at radius 3 is 2.68 bits per heavy atom. The van der Waals surface area contributed by atoms with Crippen molar-refractivity contribution in [1.29, 1.82) is 0 Å². The third kappa shape index (κ3) is 2.81. The van der Waals surface area contributed by atoms with Crippen molar-refractivity contribution < 1.29 is 33.7 Å². The summed E-state index contributed by atoms with van der Waals surface area (Å²) in [5, 5.41) is 31.7. The van der Waals surface area contributed by atoms with Crippen LogP contribution in [0.1, 0.15) is 10.4 Å². The zero-order valence-corrected chi connectivity index (χ0v) is 11.3. The summed E-state index contributed by atoms with van der Waals surface area (Å²) in [4.78, 5) is 25.3. The molecule has 1 aromatic carbocycles. The van der Waals surface area contributed by atoms with Crippen molar-refractivity contribution in [1.82, 2.24) is 20.4 Å². The maximum Gasteiger partial charge on any atom is 1.00 e. The number of pyridine rings is 1. The molecule has 9 nitrogen and oxygen atoms in total. The van der Waals surface area contributed by atoms with Crippen molar-refractivity contribution in [2.24, 2.45) is 0 Å². The second kappa shape index (κ2) is 5.93. The number of aromatic amines is 1. The molecule has 0 bridgehead atoms. The number of hydrogen-bond acceptors (Lipinski definition) is 7. The van der Waals surface area contributed by atoms with Crippen LogP contribution in [0.4, 0.5) is 5.69 Å². The number of nitrogens with one attached hydrogen (secondary N) is 1. The Hall–Kier alpha value is -2.76. The van der Waals surface area contributed by atoms with Gasteiger partial charge in [0.05, 0.1) is 16.6 Å². The van der Waals surface area contributed by atoms with Crippen LogP contribution in [0.5, 0.6) is 0 Å². The van der Waals surface area contributed by atoms with Crippen LogP contribution in [-0.2, 0) is 0 Å². The number of carbonyl (C=O) groups is 1. The average Bonchev–Trinajstić information content (AvgIpc) is 2.94. The number of benzene rings is 1. The molecule has 1 N–H and O–H groups in total. The number of non-ortho nitro benzene ring substituents is 1. The normalized spacial score (nSPS) is 10.2. The summed E-state index contributed by atoms with van der Waals surface area (Å²) in [6, 6.07) is 6.64. The molecule has 0 atom stereocenters. The van der Waals surface area contributed by atoms with Crippen molar-refractivity contribution in [3.8, 4) is 11.3 Å². The molecule has 0 fully saturated rings. The molecule has 3 aromatic rings. The Balaban J connectivity index is 0.00000176. The van der Waals surface area contributed by atoms with Gasteiger partial charge in [0.1, 0.15) is 5.52 Å². The van der Waals surface area contributed by atoms with Crippen LogP contribution < -0.4 is 24.0 Å². The number of nitro benzene ring substituents is 1. The molecule has 104 valence electrons. The van der Waals surface area contributed by atoms with E-state index in [-0.39, 0.29) is 30.1 Å². The predicted octanol–water partition coefficient (Wildman–Crippen LogP) is -2.70. The number of carbonyl (C=O) groups excluding carboxylic acids is 1. The fraction of sp³-hybridized carbons (Fsp3) is 0. The number of hydrogen-bond donors (Lipinski definition) is 1. The molecule has 0 radical (unpaired) electrons. The molecule has 2 heterocycles. The van der Waals surface area contributed by atoms with Crippen LogP contribution in [0, 0.1) is 10.1 Å². The quantitative estimate of drug-likeness (QED) is 0.314. The van der Waals surface area contributed by atoms with Crippen molar-refractivity contribution in [3.63, 3.8) is 0 Å². The molecule has 2 aromatic heterocycles.